The van der Waals surface area contributed by atoms with Crippen LogP contribution in [0.2, 0.25) is 0 Å². The summed E-state index contributed by atoms with van der Waals surface area (Å²) in [5.41, 5.74) is 0. The van der Waals surface area contributed by atoms with Gasteiger partial charge in [-0.05, 0) is 51.0 Å². The summed E-state index contributed by atoms with van der Waals surface area (Å²) < 4.78 is 0. The molecule has 4 unspecified atom stereocenters. The Kier molecular flexibility index (Phi) is 6.53. The van der Waals surface area contributed by atoms with Gasteiger partial charge in [0.05, 0.1) is 0 Å². The van der Waals surface area contributed by atoms with Crippen molar-refractivity contribution >= 4 is 12.1 Å². The lowest BCUT2D eigenvalue weighted by Gasteiger charge is -2.30. The van der Waals surface area contributed by atoms with Gasteiger partial charge in [0.2, 0.25) is 0 Å². The Hall–Kier alpha value is -1.60. The molecule has 2 fully saturated rings. The highest BCUT2D eigenvalue weighted by molar-refractivity contribution is 5.73. The number of carboxylic acids is 1. The zero-order chi connectivity index (χ0) is 18.5. The largest absolute Gasteiger partial charge is 0.480 e. The van der Waals surface area contributed by atoms with E-state index < -0.39 is 18.1 Å². The van der Waals surface area contributed by atoms with Crippen LogP contribution in [-0.4, -0.2) is 70.0 Å². The predicted molar refractivity (Wildman–Crippen MR) is 98.0 cm³/mol. The first kappa shape index (κ1) is 19.2. The molecule has 2 aliphatic heterocycles. The standard InChI is InChI=1S/C19H31N3O4/c23-18(24)16-9-5-3-1-2-4-7-14-11-17(14)22(19(25)26)12-15-8-6-10-21(15)13-20-16/h4,7,14-17,20H,1-3,5-6,8-13H2,(H,23,24)(H,25,26)/b7-4-. The third-order valence-electron chi connectivity index (χ3n) is 5.94. The highest BCUT2D eigenvalue weighted by Crippen LogP contribution is 2.38. The van der Waals surface area contributed by atoms with E-state index in [9.17, 15) is 19.8 Å². The Morgan fingerprint density at radius 3 is 2.69 bits per heavy atom. The van der Waals surface area contributed by atoms with Crippen LogP contribution in [0.4, 0.5) is 4.79 Å². The molecule has 3 N–H and O–H groups in total. The van der Waals surface area contributed by atoms with Crippen LogP contribution >= 0.6 is 0 Å². The number of hydrogen-bond acceptors (Lipinski definition) is 4. The van der Waals surface area contributed by atoms with Crippen LogP contribution in [0.15, 0.2) is 12.2 Å². The number of aliphatic carboxylic acids is 1. The van der Waals surface area contributed by atoms with Crippen molar-refractivity contribution in [3.8, 4) is 0 Å². The van der Waals surface area contributed by atoms with Gasteiger partial charge in [0, 0.05) is 25.3 Å². The Labute approximate surface area is 155 Å². The molecule has 4 atom stereocenters. The Bertz CT molecular complexity index is 539. The summed E-state index contributed by atoms with van der Waals surface area (Å²) in [5, 5.41) is 22.3. The first-order valence-electron chi connectivity index (χ1n) is 9.92. The maximum atomic E-state index is 11.8. The molecule has 1 amide bonds. The number of nitrogens with zero attached hydrogens (tertiary/aromatic N) is 2. The number of rotatable bonds is 1. The Morgan fingerprint density at radius 2 is 1.92 bits per heavy atom. The van der Waals surface area contributed by atoms with Crippen LogP contribution in [0.1, 0.15) is 51.4 Å². The number of amides is 1. The molecule has 1 saturated heterocycles. The molecule has 26 heavy (non-hydrogen) atoms. The molecule has 7 heteroatoms. The van der Waals surface area contributed by atoms with E-state index in [1.165, 1.54) is 0 Å². The van der Waals surface area contributed by atoms with E-state index in [4.69, 9.17) is 0 Å². The van der Waals surface area contributed by atoms with E-state index in [2.05, 4.69) is 22.4 Å². The summed E-state index contributed by atoms with van der Waals surface area (Å²) in [4.78, 5) is 27.1. The third kappa shape index (κ3) is 4.98. The molecule has 0 aromatic heterocycles. The van der Waals surface area contributed by atoms with Gasteiger partial charge in [0.25, 0.3) is 0 Å². The molecule has 1 saturated carbocycles. The van der Waals surface area contributed by atoms with Gasteiger partial charge in [-0.2, -0.15) is 0 Å². The molecular weight excluding hydrogens is 334 g/mol. The molecule has 1 aliphatic carbocycles. The molecule has 0 bridgehead atoms. The van der Waals surface area contributed by atoms with Gasteiger partial charge in [-0.25, -0.2) is 4.79 Å². The van der Waals surface area contributed by atoms with E-state index in [0.717, 1.165) is 51.5 Å². The van der Waals surface area contributed by atoms with E-state index in [1.807, 2.05) is 0 Å². The second kappa shape index (κ2) is 8.86. The average molecular weight is 365 g/mol. The van der Waals surface area contributed by atoms with Crippen molar-refractivity contribution < 1.29 is 19.8 Å². The normalized spacial score (nSPS) is 35.3. The van der Waals surface area contributed by atoms with E-state index in [-0.39, 0.29) is 12.1 Å². The van der Waals surface area contributed by atoms with Crippen LogP contribution in [-0.2, 0) is 4.79 Å². The summed E-state index contributed by atoms with van der Waals surface area (Å²) in [7, 11) is 0. The van der Waals surface area contributed by atoms with Gasteiger partial charge in [-0.3, -0.25) is 15.0 Å². The topological polar surface area (TPSA) is 93.1 Å². The first-order valence-corrected chi connectivity index (χ1v) is 9.92. The summed E-state index contributed by atoms with van der Waals surface area (Å²) in [5.74, 6) is -0.432. The summed E-state index contributed by atoms with van der Waals surface area (Å²) in [6, 6.07) is -0.242. The zero-order valence-corrected chi connectivity index (χ0v) is 15.3. The fourth-order valence-corrected chi connectivity index (χ4v) is 4.26. The van der Waals surface area contributed by atoms with E-state index in [1.54, 1.807) is 4.90 Å². The second-order valence-corrected chi connectivity index (χ2v) is 7.83. The van der Waals surface area contributed by atoms with Gasteiger partial charge < -0.3 is 15.1 Å². The molecule has 2 heterocycles. The average Bonchev–Trinajstić information content (AvgIpc) is 3.21. The van der Waals surface area contributed by atoms with Crippen LogP contribution in [0.5, 0.6) is 0 Å². The molecule has 146 valence electrons. The van der Waals surface area contributed by atoms with Gasteiger partial charge in [-0.1, -0.05) is 25.0 Å². The molecule has 7 nitrogen and oxygen atoms in total. The fraction of sp³-hybridized carbons (Fsp3) is 0.789. The molecule has 0 radical (unpaired) electrons. The number of hydrogen-bond donors (Lipinski definition) is 3. The Balaban J connectivity index is 1.68. The number of nitrogens with one attached hydrogen (secondary N) is 1. The lowest BCUT2D eigenvalue weighted by molar-refractivity contribution is -0.139. The second-order valence-electron chi connectivity index (χ2n) is 7.83. The zero-order valence-electron chi connectivity index (χ0n) is 15.3. The SMILES string of the molecule is O=C(O)C1CCCCC/C=C\C2CC2N(C(=O)O)CC2CCCN2CN1. The monoisotopic (exact) mass is 365 g/mol. The van der Waals surface area contributed by atoms with Crippen molar-refractivity contribution in [2.45, 2.75) is 69.5 Å². The van der Waals surface area contributed by atoms with Crippen LogP contribution in [0.25, 0.3) is 0 Å². The van der Waals surface area contributed by atoms with Crippen LogP contribution in [0.3, 0.4) is 0 Å². The maximum Gasteiger partial charge on any atom is 0.407 e. The molecule has 0 spiro atoms. The van der Waals surface area contributed by atoms with Crippen molar-refractivity contribution in [2.75, 3.05) is 19.8 Å². The van der Waals surface area contributed by atoms with E-state index in [0.29, 0.717) is 25.6 Å². The Morgan fingerprint density at radius 1 is 1.08 bits per heavy atom. The van der Waals surface area contributed by atoms with Crippen molar-refractivity contribution in [1.29, 1.82) is 0 Å². The summed E-state index contributed by atoms with van der Waals surface area (Å²) in [6.45, 7) is 1.93. The van der Waals surface area contributed by atoms with E-state index >= 15 is 0 Å². The lowest BCUT2D eigenvalue weighted by Crippen LogP contribution is -2.49. The molecule has 3 aliphatic rings. The van der Waals surface area contributed by atoms with Crippen molar-refractivity contribution in [2.24, 2.45) is 5.92 Å². The van der Waals surface area contributed by atoms with Crippen molar-refractivity contribution in [1.82, 2.24) is 15.1 Å². The van der Waals surface area contributed by atoms with Gasteiger partial charge in [0.15, 0.2) is 0 Å². The highest BCUT2D eigenvalue weighted by Gasteiger charge is 2.44. The number of carboxylic acid groups (broad SMARTS) is 2. The minimum atomic E-state index is -0.838. The number of carbonyl (C=O) groups is 2. The van der Waals surface area contributed by atoms with Crippen LogP contribution in [0, 0.1) is 5.92 Å². The minimum Gasteiger partial charge on any atom is -0.480 e. The fourth-order valence-electron chi connectivity index (χ4n) is 4.26. The summed E-state index contributed by atoms with van der Waals surface area (Å²) in [6.07, 6.45) is 11.1. The van der Waals surface area contributed by atoms with Crippen LogP contribution < -0.4 is 5.32 Å². The molecular formula is C19H31N3O4. The first-order chi connectivity index (χ1) is 12.6. The maximum absolute atomic E-state index is 11.8. The molecule has 0 aromatic carbocycles. The number of allylic oxidation sites excluding steroid dienone is 1. The van der Waals surface area contributed by atoms with Gasteiger partial charge in [0.1, 0.15) is 6.04 Å². The number of fused-ring (bicyclic) bond motifs is 2. The summed E-state index contributed by atoms with van der Waals surface area (Å²) >= 11 is 0. The smallest absolute Gasteiger partial charge is 0.407 e. The molecule has 3 rings (SSSR count). The third-order valence-corrected chi connectivity index (χ3v) is 5.94. The highest BCUT2D eigenvalue weighted by atomic mass is 16.4. The van der Waals surface area contributed by atoms with Crippen molar-refractivity contribution in [3.05, 3.63) is 12.2 Å². The van der Waals surface area contributed by atoms with Gasteiger partial charge >= 0.3 is 12.1 Å². The predicted octanol–water partition coefficient (Wildman–Crippen LogP) is 2.34. The lowest BCUT2D eigenvalue weighted by atomic mass is 10.1. The minimum absolute atomic E-state index is 0.110. The van der Waals surface area contributed by atoms with Crippen molar-refractivity contribution in [3.63, 3.8) is 0 Å². The quantitative estimate of drug-likeness (QED) is 0.618. The van der Waals surface area contributed by atoms with Gasteiger partial charge in [-0.15, -0.1) is 0 Å². The molecule has 0 aromatic rings.